The lowest BCUT2D eigenvalue weighted by Gasteiger charge is -2.34. The van der Waals surface area contributed by atoms with Gasteiger partial charge in [0.15, 0.2) is 0 Å². The van der Waals surface area contributed by atoms with Crippen LogP contribution in [0.3, 0.4) is 0 Å². The average molecular weight is 862 g/mol. The Balaban J connectivity index is 1.16. The van der Waals surface area contributed by atoms with E-state index in [0.717, 1.165) is 64.3 Å². The first-order valence-corrected chi connectivity index (χ1v) is 24.1. The number of aryl methyl sites for hydroxylation is 1. The van der Waals surface area contributed by atoms with Crippen LogP contribution in [-0.4, -0.2) is 11.7 Å². The SMILES string of the molecule is CCCC(C)(/C=C/c1ccccc1)c1ccc(N(c2ccc(C)cc2)c2ccc(/C=C/c3cc4c(cc3CO)/C=C/C(C)(c3ccccc3)CC(C(C)CCCC(C)C)CO4)cc2)cc1. The number of hydrogen-bond donors (Lipinski definition) is 1. The third-order valence-electron chi connectivity index (χ3n) is 13.8. The molecule has 0 radical (unpaired) electrons. The number of rotatable bonds is 17. The van der Waals surface area contributed by atoms with Crippen molar-refractivity contribution in [3.63, 3.8) is 0 Å². The molecule has 0 fully saturated rings. The highest BCUT2D eigenvalue weighted by molar-refractivity contribution is 5.79. The van der Waals surface area contributed by atoms with Gasteiger partial charge in [-0.15, -0.1) is 0 Å². The first kappa shape index (κ1) is 47.1. The van der Waals surface area contributed by atoms with Crippen molar-refractivity contribution in [2.24, 2.45) is 17.8 Å². The molecule has 1 aliphatic heterocycles. The smallest absolute Gasteiger partial charge is 0.127 e. The van der Waals surface area contributed by atoms with Gasteiger partial charge in [0.2, 0.25) is 0 Å². The molecule has 3 heteroatoms. The maximum absolute atomic E-state index is 10.7. The lowest BCUT2D eigenvalue weighted by Crippen LogP contribution is -2.29. The molecule has 6 aromatic carbocycles. The molecule has 336 valence electrons. The van der Waals surface area contributed by atoms with Gasteiger partial charge in [0.05, 0.1) is 13.2 Å². The summed E-state index contributed by atoms with van der Waals surface area (Å²) in [5.74, 6) is 2.50. The van der Waals surface area contributed by atoms with Crippen LogP contribution in [-0.2, 0) is 17.4 Å². The van der Waals surface area contributed by atoms with E-state index < -0.39 is 0 Å². The van der Waals surface area contributed by atoms with Crippen LogP contribution in [0.1, 0.15) is 125 Å². The van der Waals surface area contributed by atoms with Crippen LogP contribution in [0.25, 0.3) is 24.3 Å². The maximum Gasteiger partial charge on any atom is 0.127 e. The summed E-state index contributed by atoms with van der Waals surface area (Å²) in [6.07, 6.45) is 20.4. The van der Waals surface area contributed by atoms with E-state index in [9.17, 15) is 5.11 Å². The lowest BCUT2D eigenvalue weighted by atomic mass is 9.71. The van der Waals surface area contributed by atoms with E-state index in [-0.39, 0.29) is 17.4 Å². The number of aliphatic hydroxyl groups excluding tert-OH is 1. The Morgan fingerprint density at radius 3 is 2.00 bits per heavy atom. The summed E-state index contributed by atoms with van der Waals surface area (Å²) in [4.78, 5) is 2.33. The van der Waals surface area contributed by atoms with Crippen molar-refractivity contribution < 1.29 is 9.84 Å². The molecule has 1 N–H and O–H groups in total. The second kappa shape index (κ2) is 21.9. The van der Waals surface area contributed by atoms with E-state index in [2.05, 4.69) is 235 Å². The van der Waals surface area contributed by atoms with E-state index in [1.165, 1.54) is 41.5 Å². The third kappa shape index (κ3) is 12.1. The van der Waals surface area contributed by atoms with Crippen molar-refractivity contribution in [3.8, 4) is 5.75 Å². The third-order valence-corrected chi connectivity index (χ3v) is 13.8. The van der Waals surface area contributed by atoms with Crippen molar-refractivity contribution in [3.05, 3.63) is 202 Å². The van der Waals surface area contributed by atoms with Gasteiger partial charge in [-0.1, -0.05) is 206 Å². The molecule has 0 saturated heterocycles. The number of anilines is 3. The zero-order valence-corrected chi connectivity index (χ0v) is 40.0. The Bertz CT molecular complexity index is 2500. The van der Waals surface area contributed by atoms with E-state index in [1.807, 2.05) is 0 Å². The van der Waals surface area contributed by atoms with Crippen LogP contribution in [0.15, 0.2) is 158 Å². The molecule has 0 aliphatic carbocycles. The fraction of sp³-hybridized carbons (Fsp3) is 0.323. The maximum atomic E-state index is 10.7. The largest absolute Gasteiger partial charge is 0.493 e. The Morgan fingerprint density at radius 1 is 0.754 bits per heavy atom. The topological polar surface area (TPSA) is 32.7 Å². The Kier molecular flexibility index (Phi) is 15.8. The van der Waals surface area contributed by atoms with Crippen molar-refractivity contribution in [1.29, 1.82) is 0 Å². The predicted octanol–water partition coefficient (Wildman–Crippen LogP) is 16.7. The van der Waals surface area contributed by atoms with Crippen LogP contribution in [0.2, 0.25) is 0 Å². The zero-order valence-electron chi connectivity index (χ0n) is 40.0. The molecule has 0 amide bonds. The van der Waals surface area contributed by atoms with E-state index >= 15 is 0 Å². The van der Waals surface area contributed by atoms with Gasteiger partial charge in [-0.3, -0.25) is 0 Å². The number of aliphatic hydroxyl groups is 1. The van der Waals surface area contributed by atoms with Gasteiger partial charge in [-0.05, 0) is 119 Å². The summed E-state index contributed by atoms with van der Waals surface area (Å²) in [5, 5.41) is 10.7. The van der Waals surface area contributed by atoms with Gasteiger partial charge in [0, 0.05) is 33.5 Å². The highest BCUT2D eigenvalue weighted by Gasteiger charge is 2.32. The molecule has 65 heavy (non-hydrogen) atoms. The molecule has 3 nitrogen and oxygen atoms in total. The second-order valence-electron chi connectivity index (χ2n) is 19.5. The van der Waals surface area contributed by atoms with Crippen molar-refractivity contribution >= 4 is 41.4 Å². The van der Waals surface area contributed by atoms with E-state index in [4.69, 9.17) is 4.74 Å². The Morgan fingerprint density at radius 2 is 1.37 bits per heavy atom. The monoisotopic (exact) mass is 862 g/mol. The lowest BCUT2D eigenvalue weighted by molar-refractivity contribution is 0.167. The molecule has 0 bridgehead atoms. The Labute approximate surface area is 391 Å². The van der Waals surface area contributed by atoms with Gasteiger partial charge in [0.1, 0.15) is 5.75 Å². The molecular formula is C62H71NO2. The normalized spacial score (nSPS) is 18.3. The molecule has 1 heterocycles. The molecule has 7 rings (SSSR count). The van der Waals surface area contributed by atoms with Crippen LogP contribution < -0.4 is 9.64 Å². The quantitative estimate of drug-likeness (QED) is 0.0928. The number of fused-ring (bicyclic) bond motifs is 1. The van der Waals surface area contributed by atoms with Gasteiger partial charge < -0.3 is 14.7 Å². The van der Waals surface area contributed by atoms with Gasteiger partial charge in [0.25, 0.3) is 0 Å². The first-order valence-electron chi connectivity index (χ1n) is 24.1. The highest BCUT2D eigenvalue weighted by atomic mass is 16.5. The zero-order chi connectivity index (χ0) is 45.8. The number of benzene rings is 6. The molecule has 4 unspecified atom stereocenters. The second-order valence-corrected chi connectivity index (χ2v) is 19.5. The minimum atomic E-state index is -0.151. The Hall–Kier alpha value is -5.90. The molecule has 6 aromatic rings. The predicted molar refractivity (Wildman–Crippen MR) is 279 cm³/mol. The minimum absolute atomic E-state index is 0.0591. The first-order chi connectivity index (χ1) is 31.5. The molecule has 0 spiro atoms. The molecule has 0 aromatic heterocycles. The molecule has 4 atom stereocenters. The molecule has 0 saturated carbocycles. The number of nitrogens with zero attached hydrogens (tertiary/aromatic N) is 1. The average Bonchev–Trinajstić information content (AvgIpc) is 3.39. The molecule has 1 aliphatic rings. The van der Waals surface area contributed by atoms with E-state index in [1.54, 1.807) is 0 Å². The van der Waals surface area contributed by atoms with Gasteiger partial charge in [-0.25, -0.2) is 0 Å². The highest BCUT2D eigenvalue weighted by Crippen LogP contribution is 2.41. The minimum Gasteiger partial charge on any atom is -0.493 e. The van der Waals surface area contributed by atoms with Crippen LogP contribution in [0.4, 0.5) is 17.1 Å². The standard InChI is InChI=1S/C62H71NO2/c1-8-38-61(6,39-36-49-18-11-9-12-19-49)56-28-34-59(35-29-56)63(57-30-22-47(4)23-31-57)58-32-25-50(26-33-58)24-27-51-42-60-52(41-53(51)44-64)37-40-62(7,55-20-13-10-14-21-55)43-54(45-65-60)48(5)17-15-16-46(2)3/h9-14,18-37,39-42,46,48,54,64H,8,15-17,38,43-45H2,1-7H3/b27-24+,39-36+,40-37+. The fourth-order valence-corrected chi connectivity index (χ4v) is 9.57. The number of hydrogen-bond acceptors (Lipinski definition) is 3. The summed E-state index contributed by atoms with van der Waals surface area (Å²) < 4.78 is 6.82. The van der Waals surface area contributed by atoms with E-state index in [0.29, 0.717) is 24.4 Å². The number of allylic oxidation sites excluding steroid dienone is 2. The number of ether oxygens (including phenoxy) is 1. The van der Waals surface area contributed by atoms with Crippen molar-refractivity contribution in [2.75, 3.05) is 11.5 Å². The van der Waals surface area contributed by atoms with Crippen LogP contribution in [0.5, 0.6) is 5.75 Å². The summed E-state index contributed by atoms with van der Waals surface area (Å²) in [6.45, 7) is 16.8. The summed E-state index contributed by atoms with van der Waals surface area (Å²) in [6, 6.07) is 52.4. The van der Waals surface area contributed by atoms with Crippen LogP contribution in [0, 0.1) is 24.7 Å². The van der Waals surface area contributed by atoms with Crippen molar-refractivity contribution in [1.82, 2.24) is 0 Å². The summed E-state index contributed by atoms with van der Waals surface area (Å²) in [7, 11) is 0. The van der Waals surface area contributed by atoms with Crippen molar-refractivity contribution in [2.45, 2.75) is 104 Å². The summed E-state index contributed by atoms with van der Waals surface area (Å²) >= 11 is 0. The van der Waals surface area contributed by atoms with Gasteiger partial charge >= 0.3 is 0 Å². The van der Waals surface area contributed by atoms with Gasteiger partial charge in [-0.2, -0.15) is 0 Å². The summed E-state index contributed by atoms with van der Waals surface area (Å²) in [5.41, 5.74) is 12.1. The molecular weight excluding hydrogens is 791 g/mol. The fourth-order valence-electron chi connectivity index (χ4n) is 9.57. The van der Waals surface area contributed by atoms with Crippen LogP contribution >= 0.6 is 0 Å².